The fourth-order valence-electron chi connectivity index (χ4n) is 4.79. The van der Waals surface area contributed by atoms with Gasteiger partial charge in [-0.25, -0.2) is 4.98 Å². The van der Waals surface area contributed by atoms with Crippen LogP contribution in [0.3, 0.4) is 0 Å². The summed E-state index contributed by atoms with van der Waals surface area (Å²) in [5.41, 5.74) is 3.76. The van der Waals surface area contributed by atoms with E-state index in [1.807, 2.05) is 30.3 Å². The van der Waals surface area contributed by atoms with E-state index in [1.54, 1.807) is 0 Å². The highest BCUT2D eigenvalue weighted by molar-refractivity contribution is 7.85. The Bertz CT molecular complexity index is 1250. The standard InChI is InChI=1S/C27H31N5O3S/c1-31(21-7-4-3-5-8-21)22-14-15-32(18-22)27-29-23-9-6-16-36(34)25(23)26(30-27)28-20-12-10-19(11-13-20)17-24(33)35-2/h3-5,7-8,10-13,22H,6,9,14-18H2,1-2H3,(H,28,29,30)/t22-,36+/m0/s1. The van der Waals surface area contributed by atoms with Gasteiger partial charge < -0.3 is 19.9 Å². The molecule has 0 aliphatic carbocycles. The summed E-state index contributed by atoms with van der Waals surface area (Å²) in [5, 5.41) is 3.38. The first-order valence-corrected chi connectivity index (χ1v) is 13.6. The van der Waals surface area contributed by atoms with E-state index >= 15 is 0 Å². The number of likely N-dealkylation sites (N-methyl/N-ethyl adjacent to an activating group) is 1. The Balaban J connectivity index is 1.38. The highest BCUT2D eigenvalue weighted by atomic mass is 32.2. The molecule has 0 unspecified atom stereocenters. The summed E-state index contributed by atoms with van der Waals surface area (Å²) >= 11 is 0. The summed E-state index contributed by atoms with van der Waals surface area (Å²) in [4.78, 5) is 26.6. The molecule has 2 atom stereocenters. The van der Waals surface area contributed by atoms with Crippen LogP contribution >= 0.6 is 0 Å². The zero-order valence-corrected chi connectivity index (χ0v) is 21.5. The molecular formula is C27H31N5O3S. The van der Waals surface area contributed by atoms with E-state index in [0.29, 0.717) is 28.5 Å². The molecule has 188 valence electrons. The molecule has 0 amide bonds. The number of carbonyl (C=O) groups excluding carboxylic acids is 1. The minimum atomic E-state index is -1.14. The predicted octanol–water partition coefficient (Wildman–Crippen LogP) is 3.70. The van der Waals surface area contributed by atoms with Crippen LogP contribution in [0.25, 0.3) is 0 Å². The van der Waals surface area contributed by atoms with Crippen LogP contribution in [-0.4, -0.2) is 59.2 Å². The summed E-state index contributed by atoms with van der Waals surface area (Å²) in [6.45, 7) is 1.69. The Kier molecular flexibility index (Phi) is 7.18. The molecule has 5 rings (SSSR count). The normalized spacial score (nSPS) is 19.0. The Morgan fingerprint density at radius 2 is 1.94 bits per heavy atom. The number of aryl methyl sites for hydroxylation is 1. The number of hydrogen-bond acceptors (Lipinski definition) is 8. The van der Waals surface area contributed by atoms with E-state index in [9.17, 15) is 9.00 Å². The third-order valence-electron chi connectivity index (χ3n) is 6.85. The SMILES string of the molecule is COC(=O)Cc1ccc(Nc2nc(N3CC[C@H](N(C)c4ccccc4)C3)nc3c2[S@](=O)CCC3)cc1. The first-order chi connectivity index (χ1) is 17.5. The molecule has 0 spiro atoms. The quantitative estimate of drug-likeness (QED) is 0.487. The molecule has 0 radical (unpaired) electrons. The fourth-order valence-corrected chi connectivity index (χ4v) is 6.12. The van der Waals surface area contributed by atoms with Crippen LogP contribution in [0.5, 0.6) is 0 Å². The van der Waals surface area contributed by atoms with E-state index in [2.05, 4.69) is 46.4 Å². The number of ether oxygens (including phenoxy) is 1. The van der Waals surface area contributed by atoms with Crippen LogP contribution in [0, 0.1) is 0 Å². The highest BCUT2D eigenvalue weighted by Gasteiger charge is 2.30. The molecule has 9 heteroatoms. The zero-order chi connectivity index (χ0) is 25.1. The molecule has 1 saturated heterocycles. The minimum absolute atomic E-state index is 0.224. The van der Waals surface area contributed by atoms with Gasteiger partial charge in [0.1, 0.15) is 4.90 Å². The van der Waals surface area contributed by atoms with Crippen molar-refractivity contribution in [3.63, 3.8) is 0 Å². The van der Waals surface area contributed by atoms with E-state index in [4.69, 9.17) is 14.7 Å². The van der Waals surface area contributed by atoms with Crippen LogP contribution < -0.4 is 15.1 Å². The monoisotopic (exact) mass is 505 g/mol. The number of para-hydroxylation sites is 1. The molecule has 0 saturated carbocycles. The molecule has 3 heterocycles. The lowest BCUT2D eigenvalue weighted by Crippen LogP contribution is -2.35. The number of nitrogens with zero attached hydrogens (tertiary/aromatic N) is 4. The van der Waals surface area contributed by atoms with Crippen molar-refractivity contribution in [2.75, 3.05) is 48.1 Å². The number of rotatable bonds is 7. The van der Waals surface area contributed by atoms with Crippen molar-refractivity contribution in [2.45, 2.75) is 36.6 Å². The van der Waals surface area contributed by atoms with Gasteiger partial charge in [-0.3, -0.25) is 9.00 Å². The number of fused-ring (bicyclic) bond motifs is 1. The number of hydrogen-bond donors (Lipinski definition) is 1. The molecule has 0 bridgehead atoms. The van der Waals surface area contributed by atoms with Gasteiger partial charge in [0.2, 0.25) is 5.95 Å². The van der Waals surface area contributed by atoms with Gasteiger partial charge >= 0.3 is 5.97 Å². The first kappa shape index (κ1) is 24.2. The molecule has 2 aromatic carbocycles. The van der Waals surface area contributed by atoms with Crippen molar-refractivity contribution in [2.24, 2.45) is 0 Å². The largest absolute Gasteiger partial charge is 0.469 e. The summed E-state index contributed by atoms with van der Waals surface area (Å²) in [6, 6.07) is 18.3. The zero-order valence-electron chi connectivity index (χ0n) is 20.6. The number of carbonyl (C=O) groups is 1. The van der Waals surface area contributed by atoms with Crippen molar-refractivity contribution in [1.82, 2.24) is 9.97 Å². The van der Waals surface area contributed by atoms with Gasteiger partial charge in [-0.05, 0) is 49.1 Å². The molecule has 1 aromatic heterocycles. The van der Waals surface area contributed by atoms with Crippen LogP contribution in [0.2, 0.25) is 0 Å². The maximum absolute atomic E-state index is 13.0. The topological polar surface area (TPSA) is 87.7 Å². The minimum Gasteiger partial charge on any atom is -0.469 e. The average molecular weight is 506 g/mol. The molecule has 3 aromatic rings. The maximum atomic E-state index is 13.0. The van der Waals surface area contributed by atoms with Crippen molar-refractivity contribution in [1.29, 1.82) is 0 Å². The van der Waals surface area contributed by atoms with E-state index in [0.717, 1.165) is 49.3 Å². The first-order valence-electron chi connectivity index (χ1n) is 12.3. The van der Waals surface area contributed by atoms with E-state index in [-0.39, 0.29) is 12.4 Å². The second kappa shape index (κ2) is 10.7. The van der Waals surface area contributed by atoms with E-state index in [1.165, 1.54) is 12.8 Å². The Morgan fingerprint density at radius 1 is 1.17 bits per heavy atom. The number of anilines is 4. The van der Waals surface area contributed by atoms with Crippen molar-refractivity contribution < 1.29 is 13.7 Å². The number of aromatic nitrogens is 2. The number of nitrogens with one attached hydrogen (secondary N) is 1. The molecule has 8 nitrogen and oxygen atoms in total. The van der Waals surface area contributed by atoms with Gasteiger partial charge in [-0.15, -0.1) is 0 Å². The molecule has 36 heavy (non-hydrogen) atoms. The highest BCUT2D eigenvalue weighted by Crippen LogP contribution is 2.32. The molecule has 2 aliphatic rings. The number of benzene rings is 2. The van der Waals surface area contributed by atoms with Gasteiger partial charge in [0.05, 0.1) is 30.0 Å². The summed E-state index contributed by atoms with van der Waals surface area (Å²) in [5.74, 6) is 1.63. The third-order valence-corrected chi connectivity index (χ3v) is 8.39. The molecule has 1 N–H and O–H groups in total. The second-order valence-electron chi connectivity index (χ2n) is 9.21. The summed E-state index contributed by atoms with van der Waals surface area (Å²) < 4.78 is 17.7. The lowest BCUT2D eigenvalue weighted by atomic mass is 10.1. The average Bonchev–Trinajstić information content (AvgIpc) is 3.40. The van der Waals surface area contributed by atoms with Crippen LogP contribution in [0.1, 0.15) is 24.1 Å². The summed E-state index contributed by atoms with van der Waals surface area (Å²) in [6.07, 6.45) is 2.89. The Morgan fingerprint density at radius 3 is 2.69 bits per heavy atom. The number of esters is 1. The van der Waals surface area contributed by atoms with Crippen LogP contribution in [0.4, 0.5) is 23.1 Å². The van der Waals surface area contributed by atoms with Gasteiger partial charge in [0, 0.05) is 43.3 Å². The Hall–Kier alpha value is -3.46. The molecular weight excluding hydrogens is 474 g/mol. The van der Waals surface area contributed by atoms with Gasteiger partial charge in [0.15, 0.2) is 5.82 Å². The number of methoxy groups -OCH3 is 1. The molecule has 1 fully saturated rings. The smallest absolute Gasteiger partial charge is 0.309 e. The fraction of sp³-hybridized carbons (Fsp3) is 0.370. The Labute approximate surface area is 214 Å². The summed E-state index contributed by atoms with van der Waals surface area (Å²) in [7, 11) is 2.38. The molecule has 2 aliphatic heterocycles. The van der Waals surface area contributed by atoms with Crippen LogP contribution in [0.15, 0.2) is 59.5 Å². The van der Waals surface area contributed by atoms with Crippen LogP contribution in [-0.2, 0) is 33.2 Å². The van der Waals surface area contributed by atoms with Crippen molar-refractivity contribution in [3.05, 3.63) is 65.9 Å². The van der Waals surface area contributed by atoms with Gasteiger partial charge in [-0.1, -0.05) is 30.3 Å². The predicted molar refractivity (Wildman–Crippen MR) is 143 cm³/mol. The van der Waals surface area contributed by atoms with E-state index < -0.39 is 10.8 Å². The lowest BCUT2D eigenvalue weighted by Gasteiger charge is -2.27. The van der Waals surface area contributed by atoms with Crippen molar-refractivity contribution >= 4 is 39.9 Å². The van der Waals surface area contributed by atoms with Gasteiger partial charge in [0.25, 0.3) is 0 Å². The third kappa shape index (κ3) is 5.21. The van der Waals surface area contributed by atoms with Gasteiger partial charge in [-0.2, -0.15) is 4.98 Å². The van der Waals surface area contributed by atoms with Crippen molar-refractivity contribution in [3.8, 4) is 0 Å². The second-order valence-corrected chi connectivity index (χ2v) is 10.7. The lowest BCUT2D eigenvalue weighted by molar-refractivity contribution is -0.139. The maximum Gasteiger partial charge on any atom is 0.309 e.